The van der Waals surface area contributed by atoms with E-state index in [2.05, 4.69) is 34.6 Å². The summed E-state index contributed by atoms with van der Waals surface area (Å²) >= 11 is 0. The van der Waals surface area contributed by atoms with E-state index in [1.165, 1.54) is 32.1 Å². The van der Waals surface area contributed by atoms with Gasteiger partial charge in [0.2, 0.25) is 0 Å². The molecule has 2 aliphatic rings. The summed E-state index contributed by atoms with van der Waals surface area (Å²) in [5, 5.41) is 0. The fourth-order valence-electron chi connectivity index (χ4n) is 4.90. The molecule has 2 atom stereocenters. The van der Waals surface area contributed by atoms with Crippen molar-refractivity contribution in [3.63, 3.8) is 0 Å². The van der Waals surface area contributed by atoms with Gasteiger partial charge in [0.05, 0.1) is 11.7 Å². The van der Waals surface area contributed by atoms with Crippen molar-refractivity contribution in [1.29, 1.82) is 0 Å². The molecular weight excluding hydrogens is 258 g/mol. The summed E-state index contributed by atoms with van der Waals surface area (Å²) in [6, 6.07) is 0. The second-order valence-electron chi connectivity index (χ2n) is 9.12. The SMILES string of the molecule is CC1CC(OC2(CN)CCC(C(C)C)CC2)CC(C)(C)C1. The Morgan fingerprint density at radius 3 is 2.24 bits per heavy atom. The third-order valence-corrected chi connectivity index (χ3v) is 6.02. The Morgan fingerprint density at radius 1 is 1.14 bits per heavy atom. The average molecular weight is 296 g/mol. The van der Waals surface area contributed by atoms with E-state index in [1.54, 1.807) is 0 Å². The largest absolute Gasteiger partial charge is 0.370 e. The van der Waals surface area contributed by atoms with E-state index in [9.17, 15) is 0 Å². The van der Waals surface area contributed by atoms with Crippen LogP contribution in [0.5, 0.6) is 0 Å². The monoisotopic (exact) mass is 295 g/mol. The van der Waals surface area contributed by atoms with Crippen molar-refractivity contribution in [1.82, 2.24) is 0 Å². The summed E-state index contributed by atoms with van der Waals surface area (Å²) in [4.78, 5) is 0. The Bertz CT molecular complexity index is 328. The third-order valence-electron chi connectivity index (χ3n) is 6.02. The zero-order valence-electron chi connectivity index (χ0n) is 15.0. The van der Waals surface area contributed by atoms with E-state index >= 15 is 0 Å². The van der Waals surface area contributed by atoms with Crippen LogP contribution < -0.4 is 5.73 Å². The number of rotatable bonds is 4. The highest BCUT2D eigenvalue weighted by molar-refractivity contribution is 4.92. The zero-order valence-corrected chi connectivity index (χ0v) is 15.0. The van der Waals surface area contributed by atoms with Gasteiger partial charge in [-0.05, 0) is 68.1 Å². The van der Waals surface area contributed by atoms with Gasteiger partial charge < -0.3 is 10.5 Å². The van der Waals surface area contributed by atoms with E-state index in [0.717, 1.165) is 30.6 Å². The lowest BCUT2D eigenvalue weighted by molar-refractivity contribution is -0.143. The van der Waals surface area contributed by atoms with Crippen molar-refractivity contribution in [3.8, 4) is 0 Å². The van der Waals surface area contributed by atoms with Gasteiger partial charge in [-0.1, -0.05) is 34.6 Å². The first kappa shape index (κ1) is 17.3. The first-order valence-corrected chi connectivity index (χ1v) is 9.13. The fraction of sp³-hybridized carbons (Fsp3) is 1.00. The predicted molar refractivity (Wildman–Crippen MR) is 90.3 cm³/mol. The summed E-state index contributed by atoms with van der Waals surface area (Å²) in [6.07, 6.45) is 9.09. The van der Waals surface area contributed by atoms with Crippen LogP contribution in [0.1, 0.15) is 79.6 Å². The molecule has 0 aromatic rings. The summed E-state index contributed by atoms with van der Waals surface area (Å²) in [7, 11) is 0. The Kier molecular flexibility index (Phi) is 5.41. The van der Waals surface area contributed by atoms with Crippen molar-refractivity contribution in [2.24, 2.45) is 28.9 Å². The van der Waals surface area contributed by atoms with Crippen molar-refractivity contribution < 1.29 is 4.74 Å². The smallest absolute Gasteiger partial charge is 0.0808 e. The molecule has 124 valence electrons. The van der Waals surface area contributed by atoms with Gasteiger partial charge in [-0.25, -0.2) is 0 Å². The summed E-state index contributed by atoms with van der Waals surface area (Å²) < 4.78 is 6.68. The quantitative estimate of drug-likeness (QED) is 0.811. The van der Waals surface area contributed by atoms with E-state index in [4.69, 9.17) is 10.5 Å². The van der Waals surface area contributed by atoms with Crippen LogP contribution in [-0.4, -0.2) is 18.2 Å². The fourth-order valence-corrected chi connectivity index (χ4v) is 4.90. The Labute approximate surface area is 132 Å². The van der Waals surface area contributed by atoms with Crippen LogP contribution in [0, 0.1) is 23.2 Å². The van der Waals surface area contributed by atoms with Crippen LogP contribution in [-0.2, 0) is 4.74 Å². The maximum Gasteiger partial charge on any atom is 0.0808 e. The van der Waals surface area contributed by atoms with Gasteiger partial charge in [0.1, 0.15) is 0 Å². The molecule has 0 saturated heterocycles. The minimum absolute atomic E-state index is 0.0246. The van der Waals surface area contributed by atoms with Gasteiger partial charge in [-0.15, -0.1) is 0 Å². The molecule has 0 radical (unpaired) electrons. The first-order valence-electron chi connectivity index (χ1n) is 9.13. The number of hydrogen-bond donors (Lipinski definition) is 1. The Balaban J connectivity index is 1.96. The lowest BCUT2D eigenvalue weighted by atomic mass is 9.70. The molecule has 0 spiro atoms. The molecule has 2 aliphatic carbocycles. The van der Waals surface area contributed by atoms with E-state index in [-0.39, 0.29) is 5.60 Å². The van der Waals surface area contributed by atoms with Gasteiger partial charge >= 0.3 is 0 Å². The molecule has 0 bridgehead atoms. The van der Waals surface area contributed by atoms with Crippen LogP contribution in [0.2, 0.25) is 0 Å². The second-order valence-corrected chi connectivity index (χ2v) is 9.12. The highest BCUT2D eigenvalue weighted by Crippen LogP contribution is 2.44. The lowest BCUT2D eigenvalue weighted by Crippen LogP contribution is -2.48. The summed E-state index contributed by atoms with van der Waals surface area (Å²) in [6.45, 7) is 12.6. The molecule has 2 saturated carbocycles. The Morgan fingerprint density at radius 2 is 1.76 bits per heavy atom. The molecule has 0 heterocycles. The number of hydrogen-bond acceptors (Lipinski definition) is 2. The normalized spacial score (nSPS) is 40.4. The van der Waals surface area contributed by atoms with Crippen molar-refractivity contribution in [3.05, 3.63) is 0 Å². The molecule has 0 aromatic carbocycles. The number of nitrogens with two attached hydrogens (primary N) is 1. The molecule has 21 heavy (non-hydrogen) atoms. The van der Waals surface area contributed by atoms with Crippen LogP contribution in [0.25, 0.3) is 0 Å². The molecular formula is C19H37NO. The van der Waals surface area contributed by atoms with E-state index in [1.807, 2.05) is 0 Å². The standard InChI is InChI=1S/C19H37NO/c1-14(2)16-6-8-19(13-20,9-7-16)21-17-10-15(3)11-18(4,5)12-17/h14-17H,6-13,20H2,1-5H3. The van der Waals surface area contributed by atoms with E-state index in [0.29, 0.717) is 18.1 Å². The molecule has 2 rings (SSSR count). The van der Waals surface area contributed by atoms with Gasteiger partial charge in [0.25, 0.3) is 0 Å². The summed E-state index contributed by atoms with van der Waals surface area (Å²) in [5.41, 5.74) is 6.55. The maximum atomic E-state index is 6.68. The highest BCUT2D eigenvalue weighted by Gasteiger charge is 2.41. The molecule has 2 fully saturated rings. The molecule has 2 N–H and O–H groups in total. The molecule has 0 aliphatic heterocycles. The third kappa shape index (κ3) is 4.45. The van der Waals surface area contributed by atoms with Gasteiger partial charge in [0, 0.05) is 6.54 Å². The van der Waals surface area contributed by atoms with Crippen LogP contribution in [0.4, 0.5) is 0 Å². The summed E-state index contributed by atoms with van der Waals surface area (Å²) in [5.74, 6) is 2.45. The van der Waals surface area contributed by atoms with Crippen LogP contribution in [0.3, 0.4) is 0 Å². The van der Waals surface area contributed by atoms with Crippen molar-refractivity contribution in [2.45, 2.75) is 91.3 Å². The average Bonchev–Trinajstić information content (AvgIpc) is 2.36. The van der Waals surface area contributed by atoms with Crippen molar-refractivity contribution >= 4 is 0 Å². The second kappa shape index (κ2) is 6.58. The van der Waals surface area contributed by atoms with Crippen molar-refractivity contribution in [2.75, 3.05) is 6.54 Å². The van der Waals surface area contributed by atoms with Gasteiger partial charge in [0.15, 0.2) is 0 Å². The molecule has 2 heteroatoms. The minimum atomic E-state index is -0.0246. The predicted octanol–water partition coefficient (Wildman–Crippen LogP) is 4.76. The van der Waals surface area contributed by atoms with Gasteiger partial charge in [-0.2, -0.15) is 0 Å². The van der Waals surface area contributed by atoms with E-state index < -0.39 is 0 Å². The number of ether oxygens (including phenoxy) is 1. The molecule has 0 amide bonds. The first-order chi connectivity index (χ1) is 9.75. The minimum Gasteiger partial charge on any atom is -0.370 e. The molecule has 0 aromatic heterocycles. The molecule has 2 unspecified atom stereocenters. The maximum absolute atomic E-state index is 6.68. The lowest BCUT2D eigenvalue weighted by Gasteiger charge is -2.46. The Hall–Kier alpha value is -0.0800. The topological polar surface area (TPSA) is 35.2 Å². The highest BCUT2D eigenvalue weighted by atomic mass is 16.5. The molecule has 2 nitrogen and oxygen atoms in total. The van der Waals surface area contributed by atoms with Gasteiger partial charge in [-0.3, -0.25) is 0 Å². The van der Waals surface area contributed by atoms with Crippen LogP contribution >= 0.6 is 0 Å². The van der Waals surface area contributed by atoms with Crippen LogP contribution in [0.15, 0.2) is 0 Å². The zero-order chi connectivity index (χ0) is 15.7.